The van der Waals surface area contributed by atoms with E-state index in [1.807, 2.05) is 38.2 Å². The van der Waals surface area contributed by atoms with E-state index < -0.39 is 0 Å². The van der Waals surface area contributed by atoms with E-state index in [0.29, 0.717) is 0 Å². The van der Waals surface area contributed by atoms with Crippen LogP contribution in [0.25, 0.3) is 0 Å². The van der Waals surface area contributed by atoms with Crippen LogP contribution >= 0.6 is 33.9 Å². The molecule has 0 radical (unpaired) electrons. The van der Waals surface area contributed by atoms with Crippen molar-refractivity contribution in [3.8, 4) is 0 Å². The molecule has 100 valence electrons. The highest BCUT2D eigenvalue weighted by molar-refractivity contribution is 14.1. The molecule has 1 heterocycles. The summed E-state index contributed by atoms with van der Waals surface area (Å²) in [5.74, 6) is 0.102. The first-order valence-electron chi connectivity index (χ1n) is 6.12. The van der Waals surface area contributed by atoms with Gasteiger partial charge in [-0.25, -0.2) is 0 Å². The number of amides is 1. The minimum absolute atomic E-state index is 0.102. The normalized spacial score (nSPS) is 10.5. The Hall–Kier alpha value is -0.880. The zero-order chi connectivity index (χ0) is 13.8. The second-order valence-corrected chi connectivity index (χ2v) is 6.60. The van der Waals surface area contributed by atoms with Crippen LogP contribution in [0.3, 0.4) is 0 Å². The maximum absolute atomic E-state index is 12.4. The largest absolute Gasteiger partial charge is 0.341 e. The Kier molecular flexibility index (Phi) is 4.99. The second kappa shape index (κ2) is 6.52. The molecule has 0 saturated carbocycles. The summed E-state index contributed by atoms with van der Waals surface area (Å²) in [5.41, 5.74) is 1.95. The smallest absolute Gasteiger partial charge is 0.254 e. The van der Waals surface area contributed by atoms with Gasteiger partial charge in [0.2, 0.25) is 0 Å². The monoisotopic (exact) mass is 385 g/mol. The third-order valence-corrected chi connectivity index (χ3v) is 5.41. The van der Waals surface area contributed by atoms with Crippen LogP contribution in [0.5, 0.6) is 0 Å². The number of nitrogens with zero attached hydrogens (tertiary/aromatic N) is 1. The molecule has 19 heavy (non-hydrogen) atoms. The van der Waals surface area contributed by atoms with Crippen molar-refractivity contribution in [1.29, 1.82) is 0 Å². The van der Waals surface area contributed by atoms with Crippen molar-refractivity contribution < 1.29 is 4.79 Å². The zero-order valence-electron chi connectivity index (χ0n) is 11.0. The highest BCUT2D eigenvalue weighted by Crippen LogP contribution is 2.18. The first kappa shape index (κ1) is 14.5. The van der Waals surface area contributed by atoms with E-state index in [-0.39, 0.29) is 5.91 Å². The molecule has 0 saturated heterocycles. The van der Waals surface area contributed by atoms with Crippen LogP contribution in [-0.2, 0) is 6.42 Å². The van der Waals surface area contributed by atoms with Gasteiger partial charge in [0, 0.05) is 22.0 Å². The Labute approximate surface area is 131 Å². The molecule has 0 aliphatic carbocycles. The summed E-state index contributed by atoms with van der Waals surface area (Å²) < 4.78 is 1.05. The summed E-state index contributed by atoms with van der Waals surface area (Å²) in [5, 5.41) is 2.07. The number of carbonyl (C=O) groups is 1. The molecule has 4 heteroatoms. The van der Waals surface area contributed by atoms with Gasteiger partial charge in [0.1, 0.15) is 0 Å². The summed E-state index contributed by atoms with van der Waals surface area (Å²) in [6, 6.07) is 10.0. The molecule has 2 aromatic rings. The average Bonchev–Trinajstić information content (AvgIpc) is 2.91. The molecule has 1 aromatic heterocycles. The Morgan fingerprint density at radius 2 is 2.11 bits per heavy atom. The molecular formula is C15H16INOS. The van der Waals surface area contributed by atoms with Crippen LogP contribution < -0.4 is 0 Å². The van der Waals surface area contributed by atoms with Crippen molar-refractivity contribution in [1.82, 2.24) is 4.90 Å². The van der Waals surface area contributed by atoms with Crippen molar-refractivity contribution in [2.24, 2.45) is 0 Å². The Morgan fingerprint density at radius 3 is 2.79 bits per heavy atom. The molecule has 0 fully saturated rings. The molecule has 0 bridgehead atoms. The molecule has 0 aliphatic rings. The van der Waals surface area contributed by atoms with E-state index in [1.165, 1.54) is 4.88 Å². The lowest BCUT2D eigenvalue weighted by Crippen LogP contribution is -2.29. The van der Waals surface area contributed by atoms with Gasteiger partial charge in [-0.1, -0.05) is 18.2 Å². The third kappa shape index (κ3) is 3.57. The highest BCUT2D eigenvalue weighted by Gasteiger charge is 2.15. The van der Waals surface area contributed by atoms with Crippen LogP contribution in [0.1, 0.15) is 20.8 Å². The summed E-state index contributed by atoms with van der Waals surface area (Å²) in [7, 11) is 1.87. The van der Waals surface area contributed by atoms with Crippen molar-refractivity contribution >= 4 is 39.8 Å². The van der Waals surface area contributed by atoms with Gasteiger partial charge in [0.15, 0.2) is 0 Å². The minimum atomic E-state index is 0.102. The fourth-order valence-corrected chi connectivity index (χ4v) is 3.14. The van der Waals surface area contributed by atoms with Crippen molar-refractivity contribution in [2.75, 3.05) is 13.6 Å². The maximum Gasteiger partial charge on any atom is 0.254 e. The standard InChI is InChI=1S/C15H16INOS/c1-11-5-3-7-13(14(11)16)15(18)17(2)9-8-12-6-4-10-19-12/h3-7,10H,8-9H2,1-2H3. The maximum atomic E-state index is 12.4. The molecule has 1 amide bonds. The lowest BCUT2D eigenvalue weighted by atomic mass is 10.1. The van der Waals surface area contributed by atoms with E-state index in [0.717, 1.165) is 27.7 Å². The predicted octanol–water partition coefficient (Wildman–Crippen LogP) is 3.98. The van der Waals surface area contributed by atoms with Crippen LogP contribution in [0.4, 0.5) is 0 Å². The van der Waals surface area contributed by atoms with Crippen LogP contribution in [0.2, 0.25) is 0 Å². The minimum Gasteiger partial charge on any atom is -0.341 e. The van der Waals surface area contributed by atoms with Gasteiger partial charge in [-0.3, -0.25) is 4.79 Å². The molecule has 1 aromatic carbocycles. The van der Waals surface area contributed by atoms with Crippen molar-refractivity contribution in [3.63, 3.8) is 0 Å². The lowest BCUT2D eigenvalue weighted by Gasteiger charge is -2.18. The summed E-state index contributed by atoms with van der Waals surface area (Å²) in [4.78, 5) is 15.5. The van der Waals surface area contributed by atoms with Crippen LogP contribution in [0, 0.1) is 10.5 Å². The van der Waals surface area contributed by atoms with Gasteiger partial charge >= 0.3 is 0 Å². The van der Waals surface area contributed by atoms with Gasteiger partial charge in [-0.15, -0.1) is 11.3 Å². The fourth-order valence-electron chi connectivity index (χ4n) is 1.85. The predicted molar refractivity (Wildman–Crippen MR) is 88.9 cm³/mol. The Morgan fingerprint density at radius 1 is 1.32 bits per heavy atom. The summed E-state index contributed by atoms with van der Waals surface area (Å²) in [6.07, 6.45) is 0.919. The van der Waals surface area contributed by atoms with Crippen LogP contribution in [0.15, 0.2) is 35.7 Å². The first-order chi connectivity index (χ1) is 9.09. The number of rotatable bonds is 4. The number of halogens is 1. The molecule has 0 unspecified atom stereocenters. The van der Waals surface area contributed by atoms with Gasteiger partial charge in [-0.05, 0) is 59.0 Å². The van der Waals surface area contributed by atoms with Crippen molar-refractivity contribution in [3.05, 3.63) is 55.3 Å². The molecular weight excluding hydrogens is 369 g/mol. The van der Waals surface area contributed by atoms with Gasteiger partial charge in [0.25, 0.3) is 5.91 Å². The van der Waals surface area contributed by atoms with Crippen molar-refractivity contribution in [2.45, 2.75) is 13.3 Å². The Balaban J connectivity index is 2.04. The number of likely N-dealkylation sites (N-methyl/N-ethyl adjacent to an activating group) is 1. The third-order valence-electron chi connectivity index (χ3n) is 3.04. The lowest BCUT2D eigenvalue weighted by molar-refractivity contribution is 0.0795. The highest BCUT2D eigenvalue weighted by atomic mass is 127. The number of benzene rings is 1. The topological polar surface area (TPSA) is 20.3 Å². The number of aryl methyl sites for hydroxylation is 1. The molecule has 0 spiro atoms. The second-order valence-electron chi connectivity index (χ2n) is 4.49. The zero-order valence-corrected chi connectivity index (χ0v) is 14.0. The molecule has 0 N–H and O–H groups in total. The molecule has 0 atom stereocenters. The average molecular weight is 385 g/mol. The van der Waals surface area contributed by atoms with Gasteiger partial charge < -0.3 is 4.90 Å². The van der Waals surface area contributed by atoms with Gasteiger partial charge in [0.05, 0.1) is 5.56 Å². The Bertz CT molecular complexity index is 566. The van der Waals surface area contributed by atoms with Crippen LogP contribution in [-0.4, -0.2) is 24.4 Å². The van der Waals surface area contributed by atoms with Gasteiger partial charge in [-0.2, -0.15) is 0 Å². The number of thiophene rings is 1. The summed E-state index contributed by atoms with van der Waals surface area (Å²) in [6.45, 7) is 2.79. The molecule has 2 nitrogen and oxygen atoms in total. The molecule has 2 rings (SSSR count). The number of hydrogen-bond donors (Lipinski definition) is 0. The summed E-state index contributed by atoms with van der Waals surface area (Å²) >= 11 is 3.99. The van der Waals surface area contributed by atoms with E-state index in [2.05, 4.69) is 34.0 Å². The van der Waals surface area contributed by atoms with E-state index in [4.69, 9.17) is 0 Å². The molecule has 0 aliphatic heterocycles. The number of carbonyl (C=O) groups excluding carboxylic acids is 1. The first-order valence-corrected chi connectivity index (χ1v) is 8.08. The van der Waals surface area contributed by atoms with E-state index >= 15 is 0 Å². The quantitative estimate of drug-likeness (QED) is 0.730. The fraction of sp³-hybridized carbons (Fsp3) is 0.267. The van der Waals surface area contributed by atoms with E-state index in [1.54, 1.807) is 16.2 Å². The SMILES string of the molecule is Cc1cccc(C(=O)N(C)CCc2cccs2)c1I. The number of hydrogen-bond acceptors (Lipinski definition) is 2. The van der Waals surface area contributed by atoms with E-state index in [9.17, 15) is 4.79 Å².